The summed E-state index contributed by atoms with van der Waals surface area (Å²) in [6.07, 6.45) is 0. The first-order valence-electron chi connectivity index (χ1n) is 7.08. The van der Waals surface area contributed by atoms with Gasteiger partial charge in [-0.05, 0) is 30.3 Å². The third-order valence-corrected chi connectivity index (χ3v) is 4.79. The molecule has 2 aromatic rings. The number of nitrogens with one attached hydrogen (secondary N) is 1. The molecule has 1 amide bonds. The molecule has 0 atom stereocenters. The third kappa shape index (κ3) is 3.13. The van der Waals surface area contributed by atoms with Crippen LogP contribution in [0.15, 0.2) is 57.8 Å². The van der Waals surface area contributed by atoms with E-state index >= 15 is 0 Å². The molecular formula is C16H14FN3O3S. The molecule has 2 aromatic carbocycles. The van der Waals surface area contributed by atoms with Crippen molar-refractivity contribution in [2.45, 2.75) is 4.90 Å². The molecule has 1 aliphatic rings. The average Bonchev–Trinajstić information content (AvgIpc) is 2.79. The van der Waals surface area contributed by atoms with E-state index in [-0.39, 0.29) is 17.3 Å². The van der Waals surface area contributed by atoms with Crippen LogP contribution in [0.1, 0.15) is 5.56 Å². The molecule has 1 aliphatic heterocycles. The maximum atomic E-state index is 13.1. The Labute approximate surface area is 138 Å². The molecule has 1 heterocycles. The minimum absolute atomic E-state index is 0.123. The highest BCUT2D eigenvalue weighted by molar-refractivity contribution is 7.90. The maximum Gasteiger partial charge on any atom is 0.285 e. The molecule has 24 heavy (non-hydrogen) atoms. The number of sulfonamides is 1. The molecule has 0 saturated carbocycles. The summed E-state index contributed by atoms with van der Waals surface area (Å²) >= 11 is 0. The van der Waals surface area contributed by atoms with Crippen molar-refractivity contribution < 1.29 is 17.6 Å². The SMILES string of the molecule is CN(CC(=O)Nc1cccc(F)c1)C1=NS(=O)(=O)c2ccccc21. The van der Waals surface area contributed by atoms with Gasteiger partial charge >= 0.3 is 0 Å². The van der Waals surface area contributed by atoms with Crippen LogP contribution < -0.4 is 5.32 Å². The van der Waals surface area contributed by atoms with Gasteiger partial charge in [-0.15, -0.1) is 4.40 Å². The molecule has 8 heteroatoms. The van der Waals surface area contributed by atoms with E-state index in [0.29, 0.717) is 11.3 Å². The molecule has 0 radical (unpaired) electrons. The number of nitrogens with zero attached hydrogens (tertiary/aromatic N) is 2. The molecule has 0 aliphatic carbocycles. The van der Waals surface area contributed by atoms with Crippen molar-refractivity contribution in [2.75, 3.05) is 18.9 Å². The second kappa shape index (κ2) is 6.04. The lowest BCUT2D eigenvalue weighted by Crippen LogP contribution is -2.34. The summed E-state index contributed by atoms with van der Waals surface area (Å²) in [4.78, 5) is 13.6. The van der Waals surface area contributed by atoms with Gasteiger partial charge in [-0.2, -0.15) is 8.42 Å². The predicted octanol–water partition coefficient (Wildman–Crippen LogP) is 1.85. The number of amidine groups is 1. The predicted molar refractivity (Wildman–Crippen MR) is 87.8 cm³/mol. The van der Waals surface area contributed by atoms with Crippen LogP contribution in [0.3, 0.4) is 0 Å². The van der Waals surface area contributed by atoms with E-state index in [2.05, 4.69) is 9.71 Å². The molecule has 1 N–H and O–H groups in total. The van der Waals surface area contributed by atoms with E-state index in [9.17, 15) is 17.6 Å². The lowest BCUT2D eigenvalue weighted by Gasteiger charge is -2.18. The van der Waals surface area contributed by atoms with Gasteiger partial charge < -0.3 is 10.2 Å². The zero-order valence-electron chi connectivity index (χ0n) is 12.7. The number of halogens is 1. The molecule has 0 bridgehead atoms. The summed E-state index contributed by atoms with van der Waals surface area (Å²) in [5.41, 5.74) is 0.785. The second-order valence-corrected chi connectivity index (χ2v) is 6.87. The van der Waals surface area contributed by atoms with Crippen molar-refractivity contribution in [3.05, 3.63) is 59.9 Å². The zero-order valence-corrected chi connectivity index (χ0v) is 13.5. The summed E-state index contributed by atoms with van der Waals surface area (Å²) < 4.78 is 40.9. The van der Waals surface area contributed by atoms with Crippen LogP contribution in [0.5, 0.6) is 0 Å². The van der Waals surface area contributed by atoms with Crippen molar-refractivity contribution in [2.24, 2.45) is 4.40 Å². The van der Waals surface area contributed by atoms with E-state index in [1.54, 1.807) is 31.3 Å². The largest absolute Gasteiger partial charge is 0.349 e. The quantitative estimate of drug-likeness (QED) is 0.919. The van der Waals surface area contributed by atoms with E-state index in [0.717, 1.165) is 0 Å². The molecule has 3 rings (SSSR count). The highest BCUT2D eigenvalue weighted by Crippen LogP contribution is 2.26. The van der Waals surface area contributed by atoms with Gasteiger partial charge in [0.2, 0.25) is 5.91 Å². The summed E-state index contributed by atoms with van der Waals surface area (Å²) in [7, 11) is -2.16. The number of fused-ring (bicyclic) bond motifs is 1. The Balaban J connectivity index is 1.76. The first kappa shape index (κ1) is 16.1. The summed E-state index contributed by atoms with van der Waals surface area (Å²) in [6, 6.07) is 12.0. The monoisotopic (exact) mass is 347 g/mol. The highest BCUT2D eigenvalue weighted by atomic mass is 32.2. The molecule has 0 saturated heterocycles. The average molecular weight is 347 g/mol. The van der Waals surface area contributed by atoms with Gasteiger partial charge in [0.15, 0.2) is 5.84 Å². The van der Waals surface area contributed by atoms with Gasteiger partial charge in [0.1, 0.15) is 10.7 Å². The summed E-state index contributed by atoms with van der Waals surface area (Å²) in [6.45, 7) is -0.126. The lowest BCUT2D eigenvalue weighted by atomic mass is 10.2. The fourth-order valence-electron chi connectivity index (χ4n) is 2.42. The topological polar surface area (TPSA) is 78.8 Å². The van der Waals surface area contributed by atoms with Crippen molar-refractivity contribution in [1.82, 2.24) is 4.90 Å². The number of rotatable bonds is 3. The molecule has 124 valence electrons. The van der Waals surface area contributed by atoms with E-state index in [4.69, 9.17) is 0 Å². The van der Waals surface area contributed by atoms with Gasteiger partial charge in [0.05, 0.1) is 6.54 Å². The Bertz CT molecular complexity index is 941. The van der Waals surface area contributed by atoms with E-state index in [1.165, 1.54) is 29.2 Å². The minimum atomic E-state index is -3.74. The maximum absolute atomic E-state index is 13.1. The number of likely N-dealkylation sites (N-methyl/N-ethyl adjacent to an activating group) is 1. The van der Waals surface area contributed by atoms with Crippen LogP contribution in [-0.4, -0.2) is 38.7 Å². The van der Waals surface area contributed by atoms with Gasteiger partial charge in [-0.3, -0.25) is 4.79 Å². The first-order valence-corrected chi connectivity index (χ1v) is 8.52. The number of carbonyl (C=O) groups excluding carboxylic acids is 1. The van der Waals surface area contributed by atoms with E-state index in [1.807, 2.05) is 0 Å². The normalized spacial score (nSPS) is 14.7. The Morgan fingerprint density at radius 1 is 1.21 bits per heavy atom. The smallest absolute Gasteiger partial charge is 0.285 e. The fraction of sp³-hybridized carbons (Fsp3) is 0.125. The van der Waals surface area contributed by atoms with Crippen LogP contribution in [0.2, 0.25) is 0 Å². The number of amides is 1. The van der Waals surface area contributed by atoms with Crippen LogP contribution in [0, 0.1) is 5.82 Å². The van der Waals surface area contributed by atoms with Gasteiger partial charge in [-0.25, -0.2) is 4.39 Å². The Morgan fingerprint density at radius 3 is 2.71 bits per heavy atom. The number of hydrogen-bond donors (Lipinski definition) is 1. The lowest BCUT2D eigenvalue weighted by molar-refractivity contribution is -0.116. The van der Waals surface area contributed by atoms with Crippen LogP contribution >= 0.6 is 0 Å². The first-order chi connectivity index (χ1) is 11.4. The molecular weight excluding hydrogens is 333 g/mol. The second-order valence-electron chi connectivity index (χ2n) is 5.30. The number of hydrogen-bond acceptors (Lipinski definition) is 4. The molecule has 6 nitrogen and oxygen atoms in total. The minimum Gasteiger partial charge on any atom is -0.349 e. The van der Waals surface area contributed by atoms with Crippen molar-refractivity contribution in [3.8, 4) is 0 Å². The Morgan fingerprint density at radius 2 is 1.96 bits per heavy atom. The molecule has 0 spiro atoms. The van der Waals surface area contributed by atoms with Gasteiger partial charge in [-0.1, -0.05) is 18.2 Å². The van der Waals surface area contributed by atoms with Crippen molar-refractivity contribution in [1.29, 1.82) is 0 Å². The summed E-state index contributed by atoms with van der Waals surface area (Å²) in [5, 5.41) is 2.56. The molecule has 0 unspecified atom stereocenters. The Kier molecular flexibility index (Phi) is 4.06. The van der Waals surface area contributed by atoms with Crippen LogP contribution in [0.25, 0.3) is 0 Å². The molecule has 0 aromatic heterocycles. The fourth-order valence-corrected chi connectivity index (χ4v) is 3.67. The van der Waals surface area contributed by atoms with Crippen LogP contribution in [-0.2, 0) is 14.8 Å². The van der Waals surface area contributed by atoms with Crippen molar-refractivity contribution >= 4 is 27.5 Å². The Hall–Kier alpha value is -2.74. The van der Waals surface area contributed by atoms with Gasteiger partial charge in [0, 0.05) is 18.3 Å². The summed E-state index contributed by atoms with van der Waals surface area (Å²) in [5.74, 6) is -0.658. The zero-order chi connectivity index (χ0) is 17.3. The highest BCUT2D eigenvalue weighted by Gasteiger charge is 2.30. The molecule has 0 fully saturated rings. The number of benzene rings is 2. The van der Waals surface area contributed by atoms with Crippen LogP contribution in [0.4, 0.5) is 10.1 Å². The number of anilines is 1. The van der Waals surface area contributed by atoms with E-state index < -0.39 is 21.7 Å². The van der Waals surface area contributed by atoms with Crippen molar-refractivity contribution in [3.63, 3.8) is 0 Å². The van der Waals surface area contributed by atoms with Gasteiger partial charge in [0.25, 0.3) is 10.0 Å². The number of carbonyl (C=O) groups is 1. The third-order valence-electron chi connectivity index (χ3n) is 3.46. The standard InChI is InChI=1S/C16H14FN3O3S/c1-20(10-15(21)18-12-6-4-5-11(17)9-12)16-13-7-2-3-8-14(13)24(22,23)19-16/h2-9H,10H2,1H3,(H,18,21).